The zero-order valence-corrected chi connectivity index (χ0v) is 10.8. The maximum absolute atomic E-state index is 11.8. The molecule has 0 atom stereocenters. The average molecular weight is 265 g/mol. The molecule has 5 heteroatoms. The summed E-state index contributed by atoms with van der Waals surface area (Å²) in [5.41, 5.74) is 2.47. The Morgan fingerprint density at radius 3 is 3.00 bits per heavy atom. The van der Waals surface area contributed by atoms with E-state index in [0.29, 0.717) is 12.8 Å². The van der Waals surface area contributed by atoms with Gasteiger partial charge in [-0.2, -0.15) is 11.8 Å². The molecule has 0 saturated carbocycles. The summed E-state index contributed by atoms with van der Waals surface area (Å²) in [5.74, 6) is 1.80. The van der Waals surface area contributed by atoms with Crippen molar-refractivity contribution in [2.24, 2.45) is 0 Å². The fourth-order valence-corrected chi connectivity index (χ4v) is 2.92. The number of aliphatic hydroxyl groups is 1. The van der Waals surface area contributed by atoms with Gasteiger partial charge in [-0.15, -0.1) is 0 Å². The molecule has 0 aliphatic carbocycles. The van der Waals surface area contributed by atoms with E-state index >= 15 is 0 Å². The van der Waals surface area contributed by atoms with Gasteiger partial charge in [-0.3, -0.25) is 9.59 Å². The van der Waals surface area contributed by atoms with E-state index in [1.165, 1.54) is 4.90 Å². The number of rotatable bonds is 4. The molecule has 0 unspecified atom stereocenters. The van der Waals surface area contributed by atoms with Crippen LogP contribution in [-0.2, 0) is 10.5 Å². The minimum atomic E-state index is -0.0799. The van der Waals surface area contributed by atoms with Gasteiger partial charge in [-0.1, -0.05) is 0 Å². The smallest absolute Gasteiger partial charge is 0.214 e. The lowest BCUT2D eigenvalue weighted by Crippen LogP contribution is -2.24. The van der Waals surface area contributed by atoms with Gasteiger partial charge >= 0.3 is 0 Å². The number of carbonyl (C=O) groups is 2. The minimum Gasteiger partial charge on any atom is -0.395 e. The summed E-state index contributed by atoms with van der Waals surface area (Å²) in [6.45, 7) is 0.187. The van der Waals surface area contributed by atoms with Crippen molar-refractivity contribution in [3.05, 3.63) is 29.3 Å². The molecule has 96 valence electrons. The second-order valence-electron chi connectivity index (χ2n) is 4.09. The van der Waals surface area contributed by atoms with Crippen molar-refractivity contribution in [2.75, 3.05) is 23.8 Å². The molecule has 1 amide bonds. The lowest BCUT2D eigenvalue weighted by atomic mass is 10.0. The minimum absolute atomic E-state index is 0.0799. The fraction of sp³-hybridized carbons (Fsp3) is 0.385. The fourth-order valence-electron chi connectivity index (χ4n) is 1.98. The lowest BCUT2D eigenvalue weighted by Gasteiger charge is -2.17. The molecular weight excluding hydrogens is 250 g/mol. The quantitative estimate of drug-likeness (QED) is 0.837. The van der Waals surface area contributed by atoms with E-state index in [-0.39, 0.29) is 18.9 Å². The number of hydrogen-bond donors (Lipinski definition) is 1. The van der Waals surface area contributed by atoms with E-state index in [1.54, 1.807) is 23.9 Å². The number of hydrogen-bond acceptors (Lipinski definition) is 4. The third kappa shape index (κ3) is 2.73. The zero-order valence-electron chi connectivity index (χ0n) is 9.96. The molecule has 0 bridgehead atoms. The Morgan fingerprint density at radius 2 is 2.28 bits per heavy atom. The second-order valence-corrected chi connectivity index (χ2v) is 5.19. The number of thioether (sulfide) groups is 1. The van der Waals surface area contributed by atoms with Crippen LogP contribution >= 0.6 is 11.8 Å². The summed E-state index contributed by atoms with van der Waals surface area (Å²) in [5, 5.41) is 8.90. The summed E-state index contributed by atoms with van der Waals surface area (Å²) in [4.78, 5) is 24.2. The molecule has 0 saturated heterocycles. The number of nitrogens with zero attached hydrogens (tertiary/aromatic N) is 1. The van der Waals surface area contributed by atoms with Crippen LogP contribution in [0, 0.1) is 0 Å². The number of carbonyl (C=O) groups excluding carboxylic acids is 2. The molecule has 4 nitrogen and oxygen atoms in total. The van der Waals surface area contributed by atoms with Crippen molar-refractivity contribution in [3.63, 3.8) is 0 Å². The second kappa shape index (κ2) is 6.02. The van der Waals surface area contributed by atoms with Crippen LogP contribution in [0.4, 0.5) is 5.69 Å². The first-order chi connectivity index (χ1) is 8.76. The van der Waals surface area contributed by atoms with E-state index in [1.807, 2.05) is 6.07 Å². The summed E-state index contributed by atoms with van der Waals surface area (Å²) in [6, 6.07) is 5.42. The normalized spacial score (nSPS) is 14.8. The van der Waals surface area contributed by atoms with E-state index in [4.69, 9.17) is 5.11 Å². The summed E-state index contributed by atoms with van der Waals surface area (Å²) < 4.78 is 0. The highest BCUT2D eigenvalue weighted by Gasteiger charge is 2.17. The maximum Gasteiger partial charge on any atom is 0.214 e. The van der Waals surface area contributed by atoms with Gasteiger partial charge in [-0.05, 0) is 23.8 Å². The van der Waals surface area contributed by atoms with Crippen molar-refractivity contribution in [1.29, 1.82) is 0 Å². The molecule has 18 heavy (non-hydrogen) atoms. The summed E-state index contributed by atoms with van der Waals surface area (Å²) >= 11 is 1.73. The third-order valence-electron chi connectivity index (χ3n) is 2.92. The zero-order chi connectivity index (χ0) is 13.0. The van der Waals surface area contributed by atoms with Gasteiger partial charge < -0.3 is 10.0 Å². The number of anilines is 1. The van der Waals surface area contributed by atoms with Crippen LogP contribution in [-0.4, -0.2) is 36.2 Å². The van der Waals surface area contributed by atoms with Crippen molar-refractivity contribution in [1.82, 2.24) is 0 Å². The molecule has 2 rings (SSSR count). The van der Waals surface area contributed by atoms with Gasteiger partial charge in [0.2, 0.25) is 6.41 Å². The van der Waals surface area contributed by atoms with E-state index < -0.39 is 0 Å². The van der Waals surface area contributed by atoms with Crippen LogP contribution < -0.4 is 4.90 Å². The molecule has 1 heterocycles. The molecular formula is C13H15NO3S. The SMILES string of the molecule is O=CN(CCO)c1ccc2c(c1)CSCCC2=O. The first-order valence-electron chi connectivity index (χ1n) is 5.83. The van der Waals surface area contributed by atoms with Crippen molar-refractivity contribution < 1.29 is 14.7 Å². The number of fused-ring (bicyclic) bond motifs is 1. The largest absolute Gasteiger partial charge is 0.395 e. The first-order valence-corrected chi connectivity index (χ1v) is 6.98. The topological polar surface area (TPSA) is 57.6 Å². The average Bonchev–Trinajstić information content (AvgIpc) is 2.58. The molecule has 0 aromatic heterocycles. The van der Waals surface area contributed by atoms with E-state index in [2.05, 4.69) is 0 Å². The molecule has 0 radical (unpaired) electrons. The number of ketones is 1. The molecule has 0 spiro atoms. The van der Waals surface area contributed by atoms with Crippen molar-refractivity contribution >= 4 is 29.6 Å². The molecule has 1 N–H and O–H groups in total. The highest BCUT2D eigenvalue weighted by Crippen LogP contribution is 2.27. The first kappa shape index (κ1) is 13.1. The van der Waals surface area contributed by atoms with Gasteiger partial charge in [0.1, 0.15) is 0 Å². The number of amides is 1. The summed E-state index contributed by atoms with van der Waals surface area (Å²) in [7, 11) is 0. The Bertz CT molecular complexity index is 462. The van der Waals surface area contributed by atoms with Crippen molar-refractivity contribution in [3.8, 4) is 0 Å². The Hall–Kier alpha value is -1.33. The standard InChI is InChI=1S/C13H15NO3S/c15-5-4-14(9-16)11-1-2-12-10(7-11)8-18-6-3-13(12)17/h1-2,7,9,15H,3-6,8H2. The van der Waals surface area contributed by atoms with Crippen LogP contribution in [0.25, 0.3) is 0 Å². The van der Waals surface area contributed by atoms with Crippen LogP contribution in [0.1, 0.15) is 22.3 Å². The van der Waals surface area contributed by atoms with E-state index in [9.17, 15) is 9.59 Å². The molecule has 1 aromatic carbocycles. The van der Waals surface area contributed by atoms with Gasteiger partial charge in [0.05, 0.1) is 6.61 Å². The van der Waals surface area contributed by atoms with E-state index in [0.717, 1.165) is 28.3 Å². The van der Waals surface area contributed by atoms with Crippen molar-refractivity contribution in [2.45, 2.75) is 12.2 Å². The highest BCUT2D eigenvalue weighted by molar-refractivity contribution is 7.98. The predicted molar refractivity (Wildman–Crippen MR) is 72.0 cm³/mol. The molecule has 1 aliphatic rings. The Balaban J connectivity index is 2.33. The summed E-state index contributed by atoms with van der Waals surface area (Å²) in [6.07, 6.45) is 1.27. The number of benzene rings is 1. The predicted octanol–water partition coefficient (Wildman–Crippen LogP) is 1.46. The Kier molecular flexibility index (Phi) is 4.38. The monoisotopic (exact) mass is 265 g/mol. The van der Waals surface area contributed by atoms with Crippen LogP contribution in [0.5, 0.6) is 0 Å². The Morgan fingerprint density at radius 1 is 1.44 bits per heavy atom. The lowest BCUT2D eigenvalue weighted by molar-refractivity contribution is -0.107. The van der Waals surface area contributed by atoms with Gasteiger partial charge in [0.25, 0.3) is 0 Å². The Labute approximate surface area is 110 Å². The molecule has 1 aliphatic heterocycles. The number of aliphatic hydroxyl groups excluding tert-OH is 1. The van der Waals surface area contributed by atoms with Gasteiger partial charge in [0, 0.05) is 35.7 Å². The highest BCUT2D eigenvalue weighted by atomic mass is 32.2. The van der Waals surface area contributed by atoms with Crippen LogP contribution in [0.2, 0.25) is 0 Å². The third-order valence-corrected chi connectivity index (χ3v) is 3.93. The van der Waals surface area contributed by atoms with Crippen LogP contribution in [0.15, 0.2) is 18.2 Å². The maximum atomic E-state index is 11.8. The number of Topliss-reactive ketones (excluding diaryl/α,β-unsaturated/α-hetero) is 1. The van der Waals surface area contributed by atoms with Crippen LogP contribution in [0.3, 0.4) is 0 Å². The molecule has 1 aromatic rings. The molecule has 0 fully saturated rings. The van der Waals surface area contributed by atoms with Gasteiger partial charge in [-0.25, -0.2) is 0 Å². The van der Waals surface area contributed by atoms with Gasteiger partial charge in [0.15, 0.2) is 5.78 Å².